The summed E-state index contributed by atoms with van der Waals surface area (Å²) < 4.78 is 6.35. The maximum Gasteiger partial charge on any atom is 0.182 e. The molecule has 1 heterocycles. The van der Waals surface area contributed by atoms with Crippen molar-refractivity contribution in [3.8, 4) is 0 Å². The molecule has 0 N–H and O–H groups in total. The minimum atomic E-state index is 0.900. The quantitative estimate of drug-likeness (QED) is 0.680. The van der Waals surface area contributed by atoms with Crippen LogP contribution in [0.25, 0.3) is 11.1 Å². The number of hydrogen-bond donors (Lipinski definition) is 0. The van der Waals surface area contributed by atoms with Crippen LogP contribution in [-0.2, 0) is 0 Å². The summed E-state index contributed by atoms with van der Waals surface area (Å²) in [5.74, 6) is 0. The summed E-state index contributed by atoms with van der Waals surface area (Å²) in [6, 6.07) is 4.08. The first kappa shape index (κ1) is 7.09. The van der Waals surface area contributed by atoms with Gasteiger partial charge in [-0.1, -0.05) is 6.07 Å². The van der Waals surface area contributed by atoms with Gasteiger partial charge in [0.05, 0.1) is 0 Å². The van der Waals surface area contributed by atoms with Crippen LogP contribution < -0.4 is 0 Å². The van der Waals surface area contributed by atoms with Crippen molar-refractivity contribution < 1.29 is 4.42 Å². The number of benzene rings is 1. The molecule has 56 valence electrons. The molecular weight excluding hydrogens is 253 g/mol. The number of fused-ring (bicyclic) bond motifs is 1. The first-order valence-electron chi connectivity index (χ1n) is 3.27. The second-order valence-corrected chi connectivity index (χ2v) is 3.56. The highest BCUT2D eigenvalue weighted by atomic mass is 127. The molecule has 0 unspecified atom stereocenters. The third-order valence-corrected chi connectivity index (χ3v) is 2.50. The molecule has 2 rings (SSSR count). The van der Waals surface area contributed by atoms with Crippen LogP contribution in [0.15, 0.2) is 22.9 Å². The summed E-state index contributed by atoms with van der Waals surface area (Å²) in [7, 11) is 0. The molecule has 0 bridgehead atoms. The van der Waals surface area contributed by atoms with E-state index in [1.165, 1.54) is 6.39 Å². The van der Waals surface area contributed by atoms with E-state index < -0.39 is 0 Å². The lowest BCUT2D eigenvalue weighted by atomic mass is 10.2. The van der Waals surface area contributed by atoms with E-state index in [0.717, 1.165) is 20.2 Å². The Morgan fingerprint density at radius 1 is 1.45 bits per heavy atom. The Bertz CT molecular complexity index is 358. The van der Waals surface area contributed by atoms with Crippen LogP contribution >= 0.6 is 22.6 Å². The summed E-state index contributed by atoms with van der Waals surface area (Å²) in [4.78, 5) is 4.10. The molecule has 0 aliphatic heterocycles. The number of halogens is 1. The first-order chi connectivity index (χ1) is 5.29. The van der Waals surface area contributed by atoms with Gasteiger partial charge in [0.15, 0.2) is 12.0 Å². The van der Waals surface area contributed by atoms with Gasteiger partial charge in [-0.25, -0.2) is 4.98 Å². The van der Waals surface area contributed by atoms with Crippen molar-refractivity contribution in [2.45, 2.75) is 6.92 Å². The minimum absolute atomic E-state index is 0.900. The molecule has 3 heteroatoms. The fourth-order valence-electron chi connectivity index (χ4n) is 1.05. The van der Waals surface area contributed by atoms with E-state index in [4.69, 9.17) is 4.42 Å². The van der Waals surface area contributed by atoms with E-state index >= 15 is 0 Å². The Kier molecular flexibility index (Phi) is 1.60. The predicted octanol–water partition coefficient (Wildman–Crippen LogP) is 2.74. The van der Waals surface area contributed by atoms with Crippen LogP contribution in [0.3, 0.4) is 0 Å². The van der Waals surface area contributed by atoms with Gasteiger partial charge in [0, 0.05) is 3.57 Å². The van der Waals surface area contributed by atoms with E-state index in [1.807, 2.05) is 19.1 Å². The molecule has 0 atom stereocenters. The fourth-order valence-corrected chi connectivity index (χ4v) is 1.61. The minimum Gasteiger partial charge on any atom is -0.443 e. The molecule has 0 saturated carbocycles. The molecule has 2 nitrogen and oxygen atoms in total. The summed E-state index contributed by atoms with van der Waals surface area (Å²) in [6.07, 6.45) is 1.49. The summed E-state index contributed by atoms with van der Waals surface area (Å²) in [6.45, 7) is 2.02. The molecule has 0 saturated heterocycles. The predicted molar refractivity (Wildman–Crippen MR) is 51.5 cm³/mol. The number of oxazole rings is 1. The topological polar surface area (TPSA) is 26.0 Å². The van der Waals surface area contributed by atoms with E-state index in [1.54, 1.807) is 0 Å². The van der Waals surface area contributed by atoms with Gasteiger partial charge in [0.25, 0.3) is 0 Å². The van der Waals surface area contributed by atoms with Gasteiger partial charge in [0.2, 0.25) is 0 Å². The van der Waals surface area contributed by atoms with Crippen molar-refractivity contribution in [3.05, 3.63) is 27.7 Å². The second kappa shape index (κ2) is 2.48. The van der Waals surface area contributed by atoms with Gasteiger partial charge < -0.3 is 4.42 Å². The Balaban J connectivity index is 2.96. The zero-order valence-corrected chi connectivity index (χ0v) is 8.12. The van der Waals surface area contributed by atoms with Crippen molar-refractivity contribution >= 4 is 33.7 Å². The Hall–Kier alpha value is -0.580. The zero-order chi connectivity index (χ0) is 7.84. The summed E-state index contributed by atoms with van der Waals surface area (Å²) in [5.41, 5.74) is 3.00. The molecule has 0 amide bonds. The molecule has 0 spiro atoms. The Labute approximate surface area is 77.8 Å². The van der Waals surface area contributed by atoms with Crippen LogP contribution in [0.2, 0.25) is 0 Å². The Morgan fingerprint density at radius 2 is 2.27 bits per heavy atom. The van der Waals surface area contributed by atoms with Crippen molar-refractivity contribution in [2.24, 2.45) is 0 Å². The number of aromatic nitrogens is 1. The SMILES string of the molecule is Cc1ccc(I)c2ncoc12. The standard InChI is InChI=1S/C8H6INO/c1-5-2-3-6(9)7-8(5)11-4-10-7/h2-4H,1H3. The van der Waals surface area contributed by atoms with Gasteiger partial charge in [0.1, 0.15) is 5.52 Å². The lowest BCUT2D eigenvalue weighted by molar-refractivity contribution is 0.600. The van der Waals surface area contributed by atoms with E-state index in [-0.39, 0.29) is 0 Å². The van der Waals surface area contributed by atoms with Crippen molar-refractivity contribution in [3.63, 3.8) is 0 Å². The van der Waals surface area contributed by atoms with Crippen LogP contribution in [0.1, 0.15) is 5.56 Å². The summed E-state index contributed by atoms with van der Waals surface area (Å²) >= 11 is 2.25. The van der Waals surface area contributed by atoms with E-state index in [2.05, 4.69) is 27.6 Å². The highest BCUT2D eigenvalue weighted by Crippen LogP contribution is 2.21. The van der Waals surface area contributed by atoms with Crippen LogP contribution in [-0.4, -0.2) is 4.98 Å². The maximum atomic E-state index is 5.21. The van der Waals surface area contributed by atoms with Gasteiger partial charge >= 0.3 is 0 Å². The lowest BCUT2D eigenvalue weighted by Gasteiger charge is -1.93. The number of hydrogen-bond acceptors (Lipinski definition) is 2. The molecule has 0 radical (unpaired) electrons. The smallest absolute Gasteiger partial charge is 0.182 e. The molecule has 2 aromatic rings. The van der Waals surface area contributed by atoms with Crippen LogP contribution in [0.5, 0.6) is 0 Å². The normalized spacial score (nSPS) is 10.7. The molecular formula is C8H6INO. The highest BCUT2D eigenvalue weighted by Gasteiger charge is 2.04. The number of rotatable bonds is 0. The highest BCUT2D eigenvalue weighted by molar-refractivity contribution is 14.1. The molecule has 0 aliphatic rings. The Morgan fingerprint density at radius 3 is 3.00 bits per heavy atom. The second-order valence-electron chi connectivity index (χ2n) is 2.39. The van der Waals surface area contributed by atoms with Gasteiger partial charge in [-0.3, -0.25) is 0 Å². The molecule has 11 heavy (non-hydrogen) atoms. The summed E-state index contributed by atoms with van der Waals surface area (Å²) in [5, 5.41) is 0. The zero-order valence-electron chi connectivity index (χ0n) is 5.97. The first-order valence-corrected chi connectivity index (χ1v) is 4.35. The largest absolute Gasteiger partial charge is 0.443 e. The average molecular weight is 259 g/mol. The monoisotopic (exact) mass is 259 g/mol. The van der Waals surface area contributed by atoms with Gasteiger partial charge in [-0.05, 0) is 41.1 Å². The maximum absolute atomic E-state index is 5.21. The van der Waals surface area contributed by atoms with Gasteiger partial charge in [-0.15, -0.1) is 0 Å². The number of aryl methyl sites for hydroxylation is 1. The number of nitrogens with zero attached hydrogens (tertiary/aromatic N) is 1. The van der Waals surface area contributed by atoms with Crippen molar-refractivity contribution in [1.29, 1.82) is 0 Å². The van der Waals surface area contributed by atoms with E-state index in [0.29, 0.717) is 0 Å². The van der Waals surface area contributed by atoms with E-state index in [9.17, 15) is 0 Å². The van der Waals surface area contributed by atoms with Crippen LogP contribution in [0.4, 0.5) is 0 Å². The third-order valence-electron chi connectivity index (χ3n) is 1.63. The molecule has 1 aromatic carbocycles. The van der Waals surface area contributed by atoms with Gasteiger partial charge in [-0.2, -0.15) is 0 Å². The fraction of sp³-hybridized carbons (Fsp3) is 0.125. The lowest BCUT2D eigenvalue weighted by Crippen LogP contribution is -1.77. The van der Waals surface area contributed by atoms with Crippen molar-refractivity contribution in [1.82, 2.24) is 4.98 Å². The average Bonchev–Trinajstić information content (AvgIpc) is 2.45. The van der Waals surface area contributed by atoms with Crippen LogP contribution in [0, 0.1) is 10.5 Å². The molecule has 0 fully saturated rings. The molecule has 0 aliphatic carbocycles. The van der Waals surface area contributed by atoms with Crippen molar-refractivity contribution in [2.75, 3.05) is 0 Å². The third kappa shape index (κ3) is 1.03. The molecule has 1 aromatic heterocycles.